The van der Waals surface area contributed by atoms with Gasteiger partial charge in [-0.2, -0.15) is 0 Å². The molecular formula is C13H19ClN2O2. The van der Waals surface area contributed by atoms with Crippen LogP contribution in [0.5, 0.6) is 0 Å². The van der Waals surface area contributed by atoms with Crippen molar-refractivity contribution in [2.75, 3.05) is 19.8 Å². The molecule has 1 aromatic rings. The number of ether oxygens (including phenoxy) is 1. The Balaban J connectivity index is 2.20. The smallest absolute Gasteiger partial charge is 0.254 e. The first-order valence-corrected chi connectivity index (χ1v) is 6.44. The zero-order valence-corrected chi connectivity index (χ0v) is 11.5. The summed E-state index contributed by atoms with van der Waals surface area (Å²) in [5.74, 6) is 0.411. The van der Waals surface area contributed by atoms with Gasteiger partial charge < -0.3 is 10.1 Å². The van der Waals surface area contributed by atoms with Gasteiger partial charge in [0, 0.05) is 25.5 Å². The highest BCUT2D eigenvalue weighted by atomic mass is 35.5. The van der Waals surface area contributed by atoms with E-state index in [0.29, 0.717) is 29.7 Å². The number of nitrogens with one attached hydrogen (secondary N) is 1. The lowest BCUT2D eigenvalue weighted by molar-refractivity contribution is 0.0905. The lowest BCUT2D eigenvalue weighted by Gasteiger charge is -2.08. The van der Waals surface area contributed by atoms with Crippen molar-refractivity contribution in [2.45, 2.75) is 20.3 Å². The summed E-state index contributed by atoms with van der Waals surface area (Å²) in [6.45, 7) is 6.00. The van der Waals surface area contributed by atoms with Gasteiger partial charge >= 0.3 is 0 Å². The average Bonchev–Trinajstić information content (AvgIpc) is 2.33. The lowest BCUT2D eigenvalue weighted by Crippen LogP contribution is -2.27. The zero-order chi connectivity index (χ0) is 13.4. The highest BCUT2D eigenvalue weighted by Crippen LogP contribution is 2.12. The summed E-state index contributed by atoms with van der Waals surface area (Å²) in [6.07, 6.45) is 4.04. The van der Waals surface area contributed by atoms with E-state index in [9.17, 15) is 4.79 Å². The maximum absolute atomic E-state index is 11.7. The molecule has 0 aliphatic rings. The van der Waals surface area contributed by atoms with E-state index < -0.39 is 0 Å². The van der Waals surface area contributed by atoms with Crippen molar-refractivity contribution in [3.05, 3.63) is 29.0 Å². The van der Waals surface area contributed by atoms with E-state index in [1.165, 1.54) is 6.20 Å². The fraction of sp³-hybridized carbons (Fsp3) is 0.538. The number of halogens is 1. The van der Waals surface area contributed by atoms with Gasteiger partial charge in [-0.1, -0.05) is 25.4 Å². The Morgan fingerprint density at radius 1 is 1.50 bits per heavy atom. The Morgan fingerprint density at radius 3 is 2.94 bits per heavy atom. The molecule has 0 spiro atoms. The van der Waals surface area contributed by atoms with E-state index in [0.717, 1.165) is 13.0 Å². The van der Waals surface area contributed by atoms with Gasteiger partial charge in [-0.25, -0.2) is 0 Å². The molecule has 0 aliphatic heterocycles. The van der Waals surface area contributed by atoms with E-state index >= 15 is 0 Å². The second kappa shape index (κ2) is 8.06. The summed E-state index contributed by atoms with van der Waals surface area (Å²) < 4.78 is 5.40. The highest BCUT2D eigenvalue weighted by molar-refractivity contribution is 6.33. The number of rotatable bonds is 7. The maximum Gasteiger partial charge on any atom is 0.254 e. The SMILES string of the molecule is CC(C)CCOCCNC(=O)c1cnccc1Cl. The molecule has 1 N–H and O–H groups in total. The van der Waals surface area contributed by atoms with E-state index in [1.54, 1.807) is 12.3 Å². The standard InChI is InChI=1S/C13H19ClN2O2/c1-10(2)4-7-18-8-6-16-13(17)11-9-15-5-3-12(11)14/h3,5,9-10H,4,6-8H2,1-2H3,(H,16,17). The molecule has 0 aliphatic carbocycles. The molecule has 5 heteroatoms. The topological polar surface area (TPSA) is 51.2 Å². The summed E-state index contributed by atoms with van der Waals surface area (Å²) >= 11 is 5.88. The van der Waals surface area contributed by atoms with Crippen LogP contribution in [0, 0.1) is 5.92 Å². The molecule has 1 heterocycles. The molecule has 0 unspecified atom stereocenters. The van der Waals surface area contributed by atoms with Crippen LogP contribution in [-0.4, -0.2) is 30.6 Å². The van der Waals surface area contributed by atoms with Crippen molar-refractivity contribution < 1.29 is 9.53 Å². The van der Waals surface area contributed by atoms with Crippen LogP contribution in [0.4, 0.5) is 0 Å². The molecule has 0 bridgehead atoms. The third-order valence-electron chi connectivity index (χ3n) is 2.38. The third kappa shape index (κ3) is 5.47. The molecule has 1 aromatic heterocycles. The van der Waals surface area contributed by atoms with Crippen LogP contribution in [0.25, 0.3) is 0 Å². The molecule has 0 saturated carbocycles. The summed E-state index contributed by atoms with van der Waals surface area (Å²) in [4.78, 5) is 15.6. The van der Waals surface area contributed by atoms with Gasteiger partial charge in [-0.05, 0) is 18.4 Å². The summed E-state index contributed by atoms with van der Waals surface area (Å²) in [6, 6.07) is 1.59. The number of amides is 1. The largest absolute Gasteiger partial charge is 0.380 e. The molecule has 1 rings (SSSR count). The van der Waals surface area contributed by atoms with Gasteiger partial charge in [-0.3, -0.25) is 9.78 Å². The van der Waals surface area contributed by atoms with Crippen molar-refractivity contribution in [3.63, 3.8) is 0 Å². The first-order valence-electron chi connectivity index (χ1n) is 6.06. The predicted molar refractivity (Wildman–Crippen MR) is 71.9 cm³/mol. The Hall–Kier alpha value is -1.13. The van der Waals surface area contributed by atoms with E-state index in [1.807, 2.05) is 0 Å². The first-order chi connectivity index (χ1) is 8.61. The lowest BCUT2D eigenvalue weighted by atomic mass is 10.1. The van der Waals surface area contributed by atoms with E-state index in [4.69, 9.17) is 16.3 Å². The second-order valence-electron chi connectivity index (χ2n) is 4.41. The Morgan fingerprint density at radius 2 is 2.28 bits per heavy atom. The van der Waals surface area contributed by atoms with Crippen molar-refractivity contribution in [2.24, 2.45) is 5.92 Å². The molecule has 4 nitrogen and oxygen atoms in total. The Kier molecular flexibility index (Phi) is 6.68. The Labute approximate surface area is 113 Å². The summed E-state index contributed by atoms with van der Waals surface area (Å²) in [5.41, 5.74) is 0.390. The number of aromatic nitrogens is 1. The monoisotopic (exact) mass is 270 g/mol. The highest BCUT2D eigenvalue weighted by Gasteiger charge is 2.08. The molecule has 0 radical (unpaired) electrons. The molecular weight excluding hydrogens is 252 g/mol. The van der Waals surface area contributed by atoms with Crippen LogP contribution in [0.15, 0.2) is 18.5 Å². The van der Waals surface area contributed by atoms with Crippen molar-refractivity contribution in [3.8, 4) is 0 Å². The van der Waals surface area contributed by atoms with Gasteiger partial charge in [-0.15, -0.1) is 0 Å². The van der Waals surface area contributed by atoms with Crippen LogP contribution >= 0.6 is 11.6 Å². The fourth-order valence-corrected chi connectivity index (χ4v) is 1.49. The van der Waals surface area contributed by atoms with Crippen molar-refractivity contribution in [1.29, 1.82) is 0 Å². The number of carbonyl (C=O) groups excluding carboxylic acids is 1. The first kappa shape index (κ1) is 14.9. The fourth-order valence-electron chi connectivity index (χ4n) is 1.30. The van der Waals surface area contributed by atoms with Gasteiger partial charge in [0.2, 0.25) is 0 Å². The molecule has 0 saturated heterocycles. The minimum Gasteiger partial charge on any atom is -0.380 e. The third-order valence-corrected chi connectivity index (χ3v) is 2.71. The second-order valence-corrected chi connectivity index (χ2v) is 4.81. The van der Waals surface area contributed by atoms with Crippen LogP contribution in [0.2, 0.25) is 5.02 Å². The molecule has 18 heavy (non-hydrogen) atoms. The Bertz CT molecular complexity index is 383. The number of carbonyl (C=O) groups is 1. The van der Waals surface area contributed by atoms with Crippen LogP contribution < -0.4 is 5.32 Å². The predicted octanol–water partition coefficient (Wildman–Crippen LogP) is 2.53. The molecule has 0 atom stereocenters. The van der Waals surface area contributed by atoms with Gasteiger partial charge in [0.25, 0.3) is 5.91 Å². The number of nitrogens with zero attached hydrogens (tertiary/aromatic N) is 1. The van der Waals surface area contributed by atoms with Crippen LogP contribution in [-0.2, 0) is 4.74 Å². The molecule has 0 aromatic carbocycles. The molecule has 0 fully saturated rings. The summed E-state index contributed by atoms with van der Waals surface area (Å²) in [7, 11) is 0. The van der Waals surface area contributed by atoms with E-state index in [-0.39, 0.29) is 5.91 Å². The van der Waals surface area contributed by atoms with Gasteiger partial charge in [0.05, 0.1) is 17.2 Å². The van der Waals surface area contributed by atoms with Gasteiger partial charge in [0.1, 0.15) is 0 Å². The van der Waals surface area contributed by atoms with Crippen LogP contribution in [0.3, 0.4) is 0 Å². The normalized spacial score (nSPS) is 10.7. The molecule has 1 amide bonds. The van der Waals surface area contributed by atoms with Crippen molar-refractivity contribution in [1.82, 2.24) is 10.3 Å². The zero-order valence-electron chi connectivity index (χ0n) is 10.8. The number of hydrogen-bond donors (Lipinski definition) is 1. The van der Waals surface area contributed by atoms with Crippen molar-refractivity contribution >= 4 is 17.5 Å². The van der Waals surface area contributed by atoms with E-state index in [2.05, 4.69) is 24.1 Å². The van der Waals surface area contributed by atoms with Gasteiger partial charge in [0.15, 0.2) is 0 Å². The summed E-state index contributed by atoms with van der Waals surface area (Å²) in [5, 5.41) is 3.15. The van der Waals surface area contributed by atoms with Crippen LogP contribution in [0.1, 0.15) is 30.6 Å². The quantitative estimate of drug-likeness (QED) is 0.775. The minimum absolute atomic E-state index is 0.222. The maximum atomic E-state index is 11.7. The number of pyridine rings is 1. The number of hydrogen-bond acceptors (Lipinski definition) is 3. The average molecular weight is 271 g/mol. The minimum atomic E-state index is -0.222. The molecule has 100 valence electrons.